The number of guanidine groups is 1. The van der Waals surface area contributed by atoms with Crippen molar-refractivity contribution in [2.75, 3.05) is 39.2 Å². The number of carbonyl (C=O) groups is 1. The van der Waals surface area contributed by atoms with Gasteiger partial charge in [-0.3, -0.25) is 10.1 Å². The van der Waals surface area contributed by atoms with Crippen LogP contribution in [0.25, 0.3) is 0 Å². The number of aliphatic imine (C=N–C) groups is 1. The maximum atomic E-state index is 13.4. The molecule has 1 spiro atoms. The van der Waals surface area contributed by atoms with Gasteiger partial charge in [-0.2, -0.15) is 9.37 Å². The van der Waals surface area contributed by atoms with Crippen molar-refractivity contribution in [2.45, 2.75) is 18.4 Å². The number of amides is 1. The van der Waals surface area contributed by atoms with Crippen LogP contribution >= 0.6 is 0 Å². The van der Waals surface area contributed by atoms with Gasteiger partial charge in [-0.1, -0.05) is 0 Å². The van der Waals surface area contributed by atoms with E-state index in [1.165, 1.54) is 7.11 Å². The first-order valence-electron chi connectivity index (χ1n) is 7.35. The van der Waals surface area contributed by atoms with Crippen LogP contribution in [0.15, 0.2) is 11.2 Å². The number of hydrogen-bond donors (Lipinski definition) is 1. The van der Waals surface area contributed by atoms with E-state index in [1.807, 2.05) is 19.0 Å². The van der Waals surface area contributed by atoms with Crippen LogP contribution in [0.5, 0.6) is 5.88 Å². The van der Waals surface area contributed by atoms with Crippen molar-refractivity contribution in [3.05, 3.63) is 12.0 Å². The number of piperidine rings is 1. The van der Waals surface area contributed by atoms with Crippen LogP contribution in [0.1, 0.15) is 12.8 Å². The molecule has 1 aromatic rings. The van der Waals surface area contributed by atoms with E-state index in [4.69, 9.17) is 4.74 Å². The second kappa shape index (κ2) is 5.64. The molecule has 0 aromatic carbocycles. The SMILES string of the molecule is COc1nc(N2CCC3(CC2)N=C(N(C)C)NC3=O)ncc1F. The summed E-state index contributed by atoms with van der Waals surface area (Å²) in [7, 11) is 5.04. The maximum Gasteiger partial charge on any atom is 0.255 e. The number of ether oxygens (including phenoxy) is 1. The summed E-state index contributed by atoms with van der Waals surface area (Å²) < 4.78 is 18.3. The first kappa shape index (κ1) is 15.4. The van der Waals surface area contributed by atoms with Gasteiger partial charge in [0.05, 0.1) is 13.3 Å². The number of halogens is 1. The Balaban J connectivity index is 1.75. The molecule has 2 aliphatic rings. The van der Waals surface area contributed by atoms with Crippen LogP contribution in [0.2, 0.25) is 0 Å². The lowest BCUT2D eigenvalue weighted by molar-refractivity contribution is -0.124. The van der Waals surface area contributed by atoms with Gasteiger partial charge in [0.15, 0.2) is 0 Å². The molecule has 3 rings (SSSR count). The van der Waals surface area contributed by atoms with Crippen molar-refractivity contribution in [3.8, 4) is 5.88 Å². The molecule has 23 heavy (non-hydrogen) atoms. The normalized spacial score (nSPS) is 19.6. The Morgan fingerprint density at radius 2 is 2.09 bits per heavy atom. The molecule has 0 bridgehead atoms. The Kier molecular flexibility index (Phi) is 3.78. The molecule has 0 atom stereocenters. The Labute approximate surface area is 133 Å². The quantitative estimate of drug-likeness (QED) is 0.826. The summed E-state index contributed by atoms with van der Waals surface area (Å²) in [4.78, 5) is 28.6. The third kappa shape index (κ3) is 2.66. The van der Waals surface area contributed by atoms with Gasteiger partial charge in [0.2, 0.25) is 17.7 Å². The Morgan fingerprint density at radius 3 is 2.65 bits per heavy atom. The summed E-state index contributed by atoms with van der Waals surface area (Å²) in [5.74, 6) is 0.233. The molecular weight excluding hydrogens is 303 g/mol. The van der Waals surface area contributed by atoms with E-state index in [0.717, 1.165) is 6.20 Å². The second-order valence-corrected chi connectivity index (χ2v) is 5.83. The molecular formula is C14H19FN6O2. The van der Waals surface area contributed by atoms with E-state index in [9.17, 15) is 9.18 Å². The van der Waals surface area contributed by atoms with E-state index >= 15 is 0 Å². The number of carbonyl (C=O) groups excluding carboxylic acids is 1. The standard InChI is InChI=1S/C14H19FN6O2/c1-20(2)13-18-11(22)14(19-13)4-6-21(7-5-14)12-16-8-9(15)10(17-12)23-3/h8H,4-7H2,1-3H3,(H,18,19,22). The lowest BCUT2D eigenvalue weighted by Gasteiger charge is -2.35. The fraction of sp³-hybridized carbons (Fsp3) is 0.571. The highest BCUT2D eigenvalue weighted by Crippen LogP contribution is 2.31. The fourth-order valence-corrected chi connectivity index (χ4v) is 2.76. The zero-order valence-electron chi connectivity index (χ0n) is 13.3. The molecule has 8 nitrogen and oxygen atoms in total. The van der Waals surface area contributed by atoms with Crippen LogP contribution in [0.4, 0.5) is 10.3 Å². The molecule has 0 aliphatic carbocycles. The van der Waals surface area contributed by atoms with Crippen LogP contribution in [0.3, 0.4) is 0 Å². The largest absolute Gasteiger partial charge is 0.479 e. The number of methoxy groups -OCH3 is 1. The number of rotatable bonds is 2. The predicted octanol–water partition coefficient (Wildman–Crippen LogP) is 0.0107. The van der Waals surface area contributed by atoms with Gasteiger partial charge in [-0.25, -0.2) is 9.98 Å². The first-order chi connectivity index (χ1) is 10.9. The summed E-state index contributed by atoms with van der Waals surface area (Å²) in [6.07, 6.45) is 2.20. The van der Waals surface area contributed by atoms with Crippen molar-refractivity contribution in [1.82, 2.24) is 20.2 Å². The Bertz CT molecular complexity index is 655. The average molecular weight is 322 g/mol. The second-order valence-electron chi connectivity index (χ2n) is 5.83. The lowest BCUT2D eigenvalue weighted by atomic mass is 9.88. The zero-order valence-corrected chi connectivity index (χ0v) is 13.3. The topological polar surface area (TPSA) is 83.0 Å². The third-order valence-electron chi connectivity index (χ3n) is 4.16. The summed E-state index contributed by atoms with van der Waals surface area (Å²) in [6.45, 7) is 1.12. The van der Waals surface area contributed by atoms with Crippen molar-refractivity contribution in [1.29, 1.82) is 0 Å². The summed E-state index contributed by atoms with van der Waals surface area (Å²) >= 11 is 0. The van der Waals surface area contributed by atoms with E-state index in [2.05, 4.69) is 20.3 Å². The highest BCUT2D eigenvalue weighted by atomic mass is 19.1. The minimum Gasteiger partial charge on any atom is -0.479 e. The maximum absolute atomic E-state index is 13.4. The Hall–Kier alpha value is -2.45. The van der Waals surface area contributed by atoms with E-state index < -0.39 is 11.4 Å². The lowest BCUT2D eigenvalue weighted by Crippen LogP contribution is -2.49. The van der Waals surface area contributed by atoms with Gasteiger partial charge in [-0.05, 0) is 12.8 Å². The minimum absolute atomic E-state index is 0.0709. The molecule has 0 unspecified atom stereocenters. The number of anilines is 1. The summed E-state index contributed by atoms with van der Waals surface area (Å²) in [5, 5.41) is 2.81. The molecule has 3 heterocycles. The van der Waals surface area contributed by atoms with Crippen molar-refractivity contribution < 1.29 is 13.9 Å². The fourth-order valence-electron chi connectivity index (χ4n) is 2.76. The average Bonchev–Trinajstić information content (AvgIpc) is 2.86. The van der Waals surface area contributed by atoms with Gasteiger partial charge in [0, 0.05) is 27.2 Å². The van der Waals surface area contributed by atoms with Crippen molar-refractivity contribution in [3.63, 3.8) is 0 Å². The highest BCUT2D eigenvalue weighted by Gasteiger charge is 2.46. The first-order valence-corrected chi connectivity index (χ1v) is 7.35. The van der Waals surface area contributed by atoms with Gasteiger partial charge >= 0.3 is 0 Å². The molecule has 1 fully saturated rings. The van der Waals surface area contributed by atoms with Gasteiger partial charge in [0.25, 0.3) is 11.8 Å². The van der Waals surface area contributed by atoms with Gasteiger partial charge in [-0.15, -0.1) is 0 Å². The van der Waals surface area contributed by atoms with E-state index in [1.54, 1.807) is 4.90 Å². The molecule has 9 heteroatoms. The van der Waals surface area contributed by atoms with Crippen LogP contribution in [0, 0.1) is 5.82 Å². The molecule has 0 saturated carbocycles. The van der Waals surface area contributed by atoms with E-state index in [-0.39, 0.29) is 11.8 Å². The minimum atomic E-state index is -0.722. The summed E-state index contributed by atoms with van der Waals surface area (Å²) in [6, 6.07) is 0. The smallest absolute Gasteiger partial charge is 0.255 e. The Morgan fingerprint density at radius 1 is 1.39 bits per heavy atom. The van der Waals surface area contributed by atoms with Crippen LogP contribution in [-0.2, 0) is 4.79 Å². The van der Waals surface area contributed by atoms with Gasteiger partial charge < -0.3 is 14.5 Å². The number of hydrogen-bond acceptors (Lipinski definition) is 7. The third-order valence-corrected chi connectivity index (χ3v) is 4.16. The monoisotopic (exact) mass is 322 g/mol. The van der Waals surface area contributed by atoms with Crippen LogP contribution < -0.4 is 15.0 Å². The molecule has 124 valence electrons. The van der Waals surface area contributed by atoms with Crippen molar-refractivity contribution in [2.24, 2.45) is 4.99 Å². The predicted molar refractivity (Wildman–Crippen MR) is 82.0 cm³/mol. The summed E-state index contributed by atoms with van der Waals surface area (Å²) in [5.41, 5.74) is -0.722. The number of nitrogens with zero attached hydrogens (tertiary/aromatic N) is 5. The molecule has 1 amide bonds. The zero-order chi connectivity index (χ0) is 16.6. The molecule has 2 aliphatic heterocycles. The van der Waals surface area contributed by atoms with Crippen LogP contribution in [-0.4, -0.2) is 66.6 Å². The van der Waals surface area contributed by atoms with E-state index in [0.29, 0.717) is 37.8 Å². The number of nitrogens with one attached hydrogen (secondary N) is 1. The molecule has 1 saturated heterocycles. The van der Waals surface area contributed by atoms with Gasteiger partial charge in [0.1, 0.15) is 5.54 Å². The molecule has 0 radical (unpaired) electrons. The number of aromatic nitrogens is 2. The molecule has 1 N–H and O–H groups in total. The highest BCUT2D eigenvalue weighted by molar-refractivity contribution is 6.07. The molecule has 1 aromatic heterocycles. The van der Waals surface area contributed by atoms with Crippen molar-refractivity contribution >= 4 is 17.8 Å².